The molecular formula is C55H97NO5. The Morgan fingerprint density at radius 3 is 1.52 bits per heavy atom. The van der Waals surface area contributed by atoms with Gasteiger partial charge in [0.2, 0.25) is 5.91 Å². The summed E-state index contributed by atoms with van der Waals surface area (Å²) in [5.41, 5.74) is 0. The van der Waals surface area contributed by atoms with Crippen molar-refractivity contribution in [3.63, 3.8) is 0 Å². The van der Waals surface area contributed by atoms with E-state index in [0.717, 1.165) is 64.2 Å². The Labute approximate surface area is 377 Å². The lowest BCUT2D eigenvalue weighted by atomic mass is 10.0. The second-order valence-electron chi connectivity index (χ2n) is 17.3. The lowest BCUT2D eigenvalue weighted by molar-refractivity contribution is -0.151. The maximum Gasteiger partial charge on any atom is 0.306 e. The summed E-state index contributed by atoms with van der Waals surface area (Å²) in [6, 6.07) is -0.725. The number of rotatable bonds is 45. The van der Waals surface area contributed by atoms with Gasteiger partial charge in [0.05, 0.1) is 25.2 Å². The van der Waals surface area contributed by atoms with Crippen molar-refractivity contribution in [3.8, 4) is 0 Å². The van der Waals surface area contributed by atoms with E-state index in [1.54, 1.807) is 0 Å². The number of aliphatic hydroxyl groups is 2. The first-order valence-corrected chi connectivity index (χ1v) is 25.7. The van der Waals surface area contributed by atoms with Crippen LogP contribution in [0.1, 0.15) is 239 Å². The molecule has 0 rings (SSSR count). The number of aliphatic hydroxyl groups excluding tert-OH is 2. The van der Waals surface area contributed by atoms with Crippen LogP contribution in [0.25, 0.3) is 0 Å². The van der Waals surface area contributed by atoms with E-state index < -0.39 is 18.2 Å². The molecule has 0 fully saturated rings. The van der Waals surface area contributed by atoms with Crippen LogP contribution in [0.4, 0.5) is 0 Å². The number of unbranched alkanes of at least 4 members (excludes halogenated alkanes) is 24. The highest BCUT2D eigenvalue weighted by Gasteiger charge is 2.24. The van der Waals surface area contributed by atoms with Crippen molar-refractivity contribution in [2.45, 2.75) is 257 Å². The first-order chi connectivity index (χ1) is 30.0. The Bertz CT molecular complexity index is 1140. The van der Waals surface area contributed by atoms with Gasteiger partial charge in [-0.05, 0) is 70.6 Å². The Morgan fingerprint density at radius 2 is 0.967 bits per heavy atom. The quantitative estimate of drug-likeness (QED) is 0.0245. The summed E-state index contributed by atoms with van der Waals surface area (Å²) >= 11 is 0. The number of esters is 1. The minimum Gasteiger partial charge on any atom is -0.462 e. The fourth-order valence-corrected chi connectivity index (χ4v) is 7.48. The van der Waals surface area contributed by atoms with E-state index >= 15 is 0 Å². The lowest BCUT2D eigenvalue weighted by Crippen LogP contribution is -2.46. The largest absolute Gasteiger partial charge is 0.462 e. The van der Waals surface area contributed by atoms with Crippen molar-refractivity contribution in [2.24, 2.45) is 0 Å². The lowest BCUT2D eigenvalue weighted by Gasteiger charge is -2.24. The Kier molecular flexibility index (Phi) is 46.2. The van der Waals surface area contributed by atoms with Gasteiger partial charge in [-0.1, -0.05) is 229 Å². The number of carbonyl (C=O) groups excluding carboxylic acids is 2. The van der Waals surface area contributed by atoms with Gasteiger partial charge in [0, 0.05) is 6.42 Å². The summed E-state index contributed by atoms with van der Waals surface area (Å²) in [6.45, 7) is 6.29. The molecule has 3 N–H and O–H groups in total. The van der Waals surface area contributed by atoms with Crippen LogP contribution in [0.2, 0.25) is 0 Å². The number of carbonyl (C=O) groups is 2. The van der Waals surface area contributed by atoms with Crippen LogP contribution >= 0.6 is 0 Å². The minimum atomic E-state index is -0.807. The molecule has 0 aromatic rings. The molecule has 6 nitrogen and oxygen atoms in total. The molecule has 1 amide bonds. The average molecular weight is 852 g/mol. The van der Waals surface area contributed by atoms with Gasteiger partial charge in [-0.25, -0.2) is 0 Å². The molecule has 0 aliphatic rings. The van der Waals surface area contributed by atoms with Crippen LogP contribution < -0.4 is 5.32 Å². The summed E-state index contributed by atoms with van der Waals surface area (Å²) < 4.78 is 5.89. The van der Waals surface area contributed by atoms with Gasteiger partial charge in [0.1, 0.15) is 6.10 Å². The van der Waals surface area contributed by atoms with Crippen LogP contribution in [0.5, 0.6) is 0 Å². The maximum absolute atomic E-state index is 13.2. The molecule has 0 aromatic carbocycles. The van der Waals surface area contributed by atoms with Gasteiger partial charge in [0.25, 0.3) is 0 Å². The normalized spacial score (nSPS) is 13.9. The molecule has 0 radical (unpaired) electrons. The highest BCUT2D eigenvalue weighted by atomic mass is 16.5. The molecule has 0 spiro atoms. The fraction of sp³-hybridized carbons (Fsp3) is 0.745. The smallest absolute Gasteiger partial charge is 0.306 e. The standard InChI is InChI=1S/C55H97NO5/c1-4-7-10-13-16-19-22-24-25-26-27-28-29-30-33-36-39-42-45-48-55(60)61-51(46-43-40-37-34-31-21-18-15-12-9-6-3)49-54(59)56-52(50-57)53(58)47-44-41-38-35-32-23-20-17-14-11-8-5-2/h9,12,15-16,18-19,21,24-25,31,34,37,51-53,57-58H,4-8,10-11,13-14,17,20,22-23,26-30,32-33,35-36,38-50H2,1-3H3,(H,56,59)/b12-9+,18-15+,19-16-,25-24-,31-21-,37-34-. The van der Waals surface area contributed by atoms with Gasteiger partial charge in [-0.15, -0.1) is 0 Å². The van der Waals surface area contributed by atoms with E-state index in [2.05, 4.69) is 62.5 Å². The molecule has 352 valence electrons. The highest BCUT2D eigenvalue weighted by molar-refractivity contribution is 5.77. The van der Waals surface area contributed by atoms with Crippen LogP contribution in [0, 0.1) is 0 Å². The molecule has 0 heterocycles. The van der Waals surface area contributed by atoms with Crippen molar-refractivity contribution in [3.05, 3.63) is 72.9 Å². The zero-order valence-corrected chi connectivity index (χ0v) is 40.0. The van der Waals surface area contributed by atoms with E-state index in [1.165, 1.54) is 128 Å². The SMILES string of the molecule is CC/C=C/C=C/C=C\C=C/CCCC(CC(=O)NC(CO)C(O)CCCCCCCCCCCCCC)OC(=O)CCCCCCCCCCC/C=C\C/C=C\CCCCC. The third kappa shape index (κ3) is 43.7. The zero-order valence-electron chi connectivity index (χ0n) is 40.0. The Balaban J connectivity index is 4.56. The van der Waals surface area contributed by atoms with E-state index in [-0.39, 0.29) is 24.9 Å². The van der Waals surface area contributed by atoms with Gasteiger partial charge in [-0.3, -0.25) is 9.59 Å². The number of nitrogens with one attached hydrogen (secondary N) is 1. The van der Waals surface area contributed by atoms with Crippen molar-refractivity contribution in [2.75, 3.05) is 6.61 Å². The first-order valence-electron chi connectivity index (χ1n) is 25.7. The molecule has 0 aromatic heterocycles. The average Bonchev–Trinajstić information content (AvgIpc) is 3.25. The molecule has 0 aliphatic carbocycles. The summed E-state index contributed by atoms with van der Waals surface area (Å²) in [4.78, 5) is 26.1. The van der Waals surface area contributed by atoms with Crippen molar-refractivity contribution >= 4 is 11.9 Å². The van der Waals surface area contributed by atoms with Crippen LogP contribution in [-0.4, -0.2) is 46.9 Å². The van der Waals surface area contributed by atoms with Crippen LogP contribution in [0.15, 0.2) is 72.9 Å². The number of amides is 1. The van der Waals surface area contributed by atoms with Crippen molar-refractivity contribution in [1.29, 1.82) is 0 Å². The fourth-order valence-electron chi connectivity index (χ4n) is 7.48. The number of hydrogen-bond donors (Lipinski definition) is 3. The molecular weight excluding hydrogens is 755 g/mol. The van der Waals surface area contributed by atoms with Gasteiger partial charge >= 0.3 is 5.97 Å². The molecule has 3 atom stereocenters. The molecule has 61 heavy (non-hydrogen) atoms. The van der Waals surface area contributed by atoms with Crippen LogP contribution in [0.3, 0.4) is 0 Å². The topological polar surface area (TPSA) is 95.9 Å². The molecule has 6 heteroatoms. The minimum absolute atomic E-state index is 0.0279. The molecule has 0 saturated heterocycles. The second-order valence-corrected chi connectivity index (χ2v) is 17.3. The summed E-state index contributed by atoms with van der Waals surface area (Å²) in [7, 11) is 0. The molecule has 0 aliphatic heterocycles. The van der Waals surface area contributed by atoms with Gasteiger partial charge in [0.15, 0.2) is 0 Å². The van der Waals surface area contributed by atoms with Gasteiger partial charge in [-0.2, -0.15) is 0 Å². The predicted molar refractivity (Wildman–Crippen MR) is 264 cm³/mol. The number of allylic oxidation sites excluding steroid dienone is 12. The zero-order chi connectivity index (χ0) is 44.5. The Hall–Kier alpha value is -2.70. The first kappa shape index (κ1) is 58.3. The van der Waals surface area contributed by atoms with Crippen molar-refractivity contribution in [1.82, 2.24) is 5.32 Å². The number of hydrogen-bond acceptors (Lipinski definition) is 5. The van der Waals surface area contributed by atoms with Crippen molar-refractivity contribution < 1.29 is 24.5 Å². The van der Waals surface area contributed by atoms with E-state index in [1.807, 2.05) is 36.5 Å². The van der Waals surface area contributed by atoms with E-state index in [4.69, 9.17) is 4.74 Å². The monoisotopic (exact) mass is 852 g/mol. The summed E-state index contributed by atoms with van der Waals surface area (Å²) in [6.07, 6.45) is 61.2. The summed E-state index contributed by atoms with van der Waals surface area (Å²) in [5, 5.41) is 23.7. The van der Waals surface area contributed by atoms with E-state index in [9.17, 15) is 19.8 Å². The summed E-state index contributed by atoms with van der Waals surface area (Å²) in [5.74, 6) is -0.548. The third-order valence-corrected chi connectivity index (χ3v) is 11.4. The third-order valence-electron chi connectivity index (χ3n) is 11.4. The Morgan fingerprint density at radius 1 is 0.508 bits per heavy atom. The highest BCUT2D eigenvalue weighted by Crippen LogP contribution is 2.17. The van der Waals surface area contributed by atoms with Gasteiger partial charge < -0.3 is 20.3 Å². The number of ether oxygens (including phenoxy) is 1. The second kappa shape index (κ2) is 48.3. The molecule has 3 unspecified atom stereocenters. The molecule has 0 bridgehead atoms. The molecule has 0 saturated carbocycles. The maximum atomic E-state index is 13.2. The van der Waals surface area contributed by atoms with Crippen LogP contribution in [-0.2, 0) is 14.3 Å². The van der Waals surface area contributed by atoms with E-state index in [0.29, 0.717) is 19.3 Å². The predicted octanol–water partition coefficient (Wildman–Crippen LogP) is 15.4.